The van der Waals surface area contributed by atoms with E-state index in [2.05, 4.69) is 4.98 Å². The summed E-state index contributed by atoms with van der Waals surface area (Å²) in [6.45, 7) is 1.98. The zero-order valence-electron chi connectivity index (χ0n) is 10.6. The van der Waals surface area contributed by atoms with Gasteiger partial charge in [-0.15, -0.1) is 0 Å². The zero-order valence-corrected chi connectivity index (χ0v) is 10.6. The largest absolute Gasteiger partial charge is 0.488 e. The Morgan fingerprint density at radius 3 is 2.84 bits per heavy atom. The molecule has 1 aromatic carbocycles. The number of halogens is 1. The fraction of sp³-hybridized carbons (Fsp3) is 0.200. The second-order valence-corrected chi connectivity index (χ2v) is 4.07. The van der Waals surface area contributed by atoms with Gasteiger partial charge in [0.15, 0.2) is 5.78 Å². The van der Waals surface area contributed by atoms with E-state index in [1.807, 2.05) is 0 Å². The Labute approximate surface area is 111 Å². The lowest BCUT2D eigenvalue weighted by molar-refractivity contribution is 0.0983. The average Bonchev–Trinajstić information content (AvgIpc) is 2.45. The van der Waals surface area contributed by atoms with Crippen molar-refractivity contribution in [1.82, 2.24) is 4.98 Å². The van der Waals surface area contributed by atoms with Gasteiger partial charge in [0.25, 0.3) is 0 Å². The van der Waals surface area contributed by atoms with Crippen LogP contribution >= 0.6 is 0 Å². The summed E-state index contributed by atoms with van der Waals surface area (Å²) >= 11 is 0. The Balaban J connectivity index is 2.13. The van der Waals surface area contributed by atoms with Gasteiger partial charge in [0.1, 0.15) is 18.2 Å². The molecule has 0 radical (unpaired) electrons. The molecule has 0 fully saturated rings. The van der Waals surface area contributed by atoms with E-state index in [0.717, 1.165) is 6.20 Å². The number of hydrogen-bond acceptors (Lipinski definition) is 3. The Hall–Kier alpha value is -2.23. The van der Waals surface area contributed by atoms with Crippen molar-refractivity contribution in [2.24, 2.45) is 0 Å². The Morgan fingerprint density at radius 1 is 1.32 bits per heavy atom. The van der Waals surface area contributed by atoms with E-state index >= 15 is 0 Å². The molecule has 3 nitrogen and oxygen atoms in total. The van der Waals surface area contributed by atoms with E-state index in [-0.39, 0.29) is 12.4 Å². The number of rotatable bonds is 5. The van der Waals surface area contributed by atoms with Crippen LogP contribution in [0.15, 0.2) is 42.7 Å². The van der Waals surface area contributed by atoms with Gasteiger partial charge in [0.2, 0.25) is 0 Å². The van der Waals surface area contributed by atoms with E-state index in [9.17, 15) is 9.18 Å². The molecule has 19 heavy (non-hydrogen) atoms. The number of ketones is 1. The first-order valence-electron chi connectivity index (χ1n) is 6.05. The van der Waals surface area contributed by atoms with Gasteiger partial charge in [-0.05, 0) is 18.2 Å². The van der Waals surface area contributed by atoms with Crippen LogP contribution in [0.2, 0.25) is 0 Å². The molecular weight excluding hydrogens is 245 g/mol. The lowest BCUT2D eigenvalue weighted by atomic mass is 10.1. The van der Waals surface area contributed by atoms with Crippen molar-refractivity contribution >= 4 is 5.78 Å². The molecule has 2 rings (SSSR count). The highest BCUT2D eigenvalue weighted by molar-refractivity contribution is 5.98. The molecule has 0 saturated heterocycles. The molecule has 0 aliphatic carbocycles. The highest BCUT2D eigenvalue weighted by Crippen LogP contribution is 2.20. The maximum absolute atomic E-state index is 13.0. The second kappa shape index (κ2) is 6.09. The number of aromatic nitrogens is 1. The van der Waals surface area contributed by atoms with Crippen molar-refractivity contribution in [2.45, 2.75) is 20.0 Å². The van der Waals surface area contributed by atoms with Crippen LogP contribution < -0.4 is 4.74 Å². The third-order valence-electron chi connectivity index (χ3n) is 2.66. The Bertz CT molecular complexity index is 584. The second-order valence-electron chi connectivity index (χ2n) is 4.07. The van der Waals surface area contributed by atoms with Crippen LogP contribution in [0.3, 0.4) is 0 Å². The predicted octanol–water partition coefficient (Wildman–Crippen LogP) is 3.39. The first kappa shape index (κ1) is 13.2. The molecule has 0 spiro atoms. The number of Topliss-reactive ketones (excluding diaryl/α,β-unsaturated/α-hetero) is 1. The fourth-order valence-electron chi connectivity index (χ4n) is 1.71. The van der Waals surface area contributed by atoms with Gasteiger partial charge in [-0.25, -0.2) is 4.39 Å². The van der Waals surface area contributed by atoms with Crippen LogP contribution in [0.4, 0.5) is 4.39 Å². The summed E-state index contributed by atoms with van der Waals surface area (Å²) in [4.78, 5) is 15.5. The van der Waals surface area contributed by atoms with Gasteiger partial charge < -0.3 is 4.74 Å². The summed E-state index contributed by atoms with van der Waals surface area (Å²) in [5.74, 6) is 0.130. The van der Waals surface area contributed by atoms with Crippen LogP contribution in [0, 0.1) is 5.82 Å². The summed E-state index contributed by atoms with van der Waals surface area (Å²) in [7, 11) is 0. The van der Waals surface area contributed by atoms with E-state index in [1.54, 1.807) is 31.2 Å². The quantitative estimate of drug-likeness (QED) is 0.772. The van der Waals surface area contributed by atoms with Crippen LogP contribution in [-0.4, -0.2) is 10.8 Å². The molecule has 1 heterocycles. The third-order valence-corrected chi connectivity index (χ3v) is 2.66. The van der Waals surface area contributed by atoms with E-state index in [4.69, 9.17) is 4.74 Å². The standard InChI is InChI=1S/C15H14FNO2/c1-2-14(18)13-5-3-4-6-15(13)19-10-11-7-12(16)9-17-8-11/h3-9H,2,10H2,1H3. The van der Waals surface area contributed by atoms with Crippen molar-refractivity contribution in [3.8, 4) is 5.75 Å². The topological polar surface area (TPSA) is 39.2 Å². The Kier molecular flexibility index (Phi) is 4.23. The van der Waals surface area contributed by atoms with Gasteiger partial charge >= 0.3 is 0 Å². The van der Waals surface area contributed by atoms with Crippen molar-refractivity contribution in [3.05, 3.63) is 59.7 Å². The molecule has 0 aliphatic heterocycles. The van der Waals surface area contributed by atoms with Gasteiger partial charge in [0.05, 0.1) is 11.8 Å². The van der Waals surface area contributed by atoms with Gasteiger partial charge in [-0.2, -0.15) is 0 Å². The van der Waals surface area contributed by atoms with Crippen LogP contribution in [-0.2, 0) is 6.61 Å². The lowest BCUT2D eigenvalue weighted by Gasteiger charge is -2.10. The van der Waals surface area contributed by atoms with Crippen LogP contribution in [0.1, 0.15) is 29.3 Å². The highest BCUT2D eigenvalue weighted by atomic mass is 19.1. The number of ether oxygens (including phenoxy) is 1. The first-order valence-corrected chi connectivity index (χ1v) is 6.05. The number of hydrogen-bond donors (Lipinski definition) is 0. The van der Waals surface area contributed by atoms with Crippen molar-refractivity contribution in [1.29, 1.82) is 0 Å². The molecule has 0 saturated carbocycles. The molecule has 4 heteroatoms. The minimum atomic E-state index is -0.404. The molecule has 0 aliphatic rings. The van der Waals surface area contributed by atoms with Crippen LogP contribution in [0.5, 0.6) is 5.75 Å². The monoisotopic (exact) mass is 259 g/mol. The molecule has 0 amide bonds. The minimum absolute atomic E-state index is 0.0213. The predicted molar refractivity (Wildman–Crippen MR) is 69.6 cm³/mol. The van der Waals surface area contributed by atoms with E-state index in [1.165, 1.54) is 12.3 Å². The van der Waals surface area contributed by atoms with Crippen molar-refractivity contribution in [2.75, 3.05) is 0 Å². The molecule has 0 atom stereocenters. The molecule has 0 N–H and O–H groups in total. The number of para-hydroxylation sites is 1. The summed E-state index contributed by atoms with van der Waals surface area (Å²) in [5, 5.41) is 0. The molecule has 0 unspecified atom stereocenters. The van der Waals surface area contributed by atoms with E-state index < -0.39 is 5.82 Å². The lowest BCUT2D eigenvalue weighted by Crippen LogP contribution is -2.03. The third kappa shape index (κ3) is 3.37. The summed E-state index contributed by atoms with van der Waals surface area (Å²) in [6.07, 6.45) is 3.09. The van der Waals surface area contributed by atoms with Gasteiger partial charge in [-0.3, -0.25) is 9.78 Å². The summed E-state index contributed by atoms with van der Waals surface area (Å²) < 4.78 is 18.6. The normalized spacial score (nSPS) is 10.2. The number of carbonyl (C=O) groups excluding carboxylic acids is 1. The van der Waals surface area contributed by atoms with E-state index in [0.29, 0.717) is 23.3 Å². The van der Waals surface area contributed by atoms with Crippen LogP contribution in [0.25, 0.3) is 0 Å². The van der Waals surface area contributed by atoms with Crippen molar-refractivity contribution in [3.63, 3.8) is 0 Å². The molecule has 2 aromatic rings. The molecule has 1 aromatic heterocycles. The Morgan fingerprint density at radius 2 is 2.11 bits per heavy atom. The smallest absolute Gasteiger partial charge is 0.166 e. The number of benzene rings is 1. The SMILES string of the molecule is CCC(=O)c1ccccc1OCc1cncc(F)c1. The number of nitrogens with zero attached hydrogens (tertiary/aromatic N) is 1. The number of carbonyl (C=O) groups is 1. The van der Waals surface area contributed by atoms with Gasteiger partial charge in [-0.1, -0.05) is 19.1 Å². The van der Waals surface area contributed by atoms with Gasteiger partial charge in [0, 0.05) is 18.2 Å². The maximum Gasteiger partial charge on any atom is 0.166 e. The summed E-state index contributed by atoms with van der Waals surface area (Å²) in [5.41, 5.74) is 1.17. The minimum Gasteiger partial charge on any atom is -0.488 e. The molecule has 98 valence electrons. The fourth-order valence-corrected chi connectivity index (χ4v) is 1.71. The molecule has 0 bridgehead atoms. The van der Waals surface area contributed by atoms with Crippen molar-refractivity contribution < 1.29 is 13.9 Å². The maximum atomic E-state index is 13.0. The zero-order chi connectivity index (χ0) is 13.7. The average molecular weight is 259 g/mol. The highest BCUT2D eigenvalue weighted by Gasteiger charge is 2.10. The number of pyridine rings is 1. The summed E-state index contributed by atoms with van der Waals surface area (Å²) in [6, 6.07) is 8.41. The first-order chi connectivity index (χ1) is 9.20. The molecular formula is C15H14FNO2.